The van der Waals surface area contributed by atoms with Crippen molar-refractivity contribution in [3.63, 3.8) is 0 Å². The summed E-state index contributed by atoms with van der Waals surface area (Å²) in [5.41, 5.74) is 0.232. The minimum atomic E-state index is -0.292. The van der Waals surface area contributed by atoms with Gasteiger partial charge in [0, 0.05) is 12.5 Å². The van der Waals surface area contributed by atoms with Gasteiger partial charge >= 0.3 is 0 Å². The van der Waals surface area contributed by atoms with E-state index in [2.05, 4.69) is 16.3 Å². The molecule has 0 fully saturated rings. The Kier molecular flexibility index (Phi) is 4.59. The van der Waals surface area contributed by atoms with Gasteiger partial charge in [-0.25, -0.2) is 4.68 Å². The number of nitrogens with one attached hydrogen (secondary N) is 1. The molecule has 1 atom stereocenters. The van der Waals surface area contributed by atoms with Crippen molar-refractivity contribution >= 4 is 17.3 Å². The quantitative estimate of drug-likeness (QED) is 0.838. The highest BCUT2D eigenvalue weighted by Crippen LogP contribution is 2.17. The number of nitrogens with zero attached hydrogens (tertiary/aromatic N) is 2. The Morgan fingerprint density at radius 2 is 2.24 bits per heavy atom. The number of terminal acetylenes is 1. The highest BCUT2D eigenvalue weighted by Gasteiger charge is 2.12. The van der Waals surface area contributed by atoms with Crippen LogP contribution in [0.4, 0.5) is 5.69 Å². The summed E-state index contributed by atoms with van der Waals surface area (Å²) in [7, 11) is 0. The summed E-state index contributed by atoms with van der Waals surface area (Å²) in [6.45, 7) is 5.67. The van der Waals surface area contributed by atoms with Gasteiger partial charge in [0.25, 0.3) is 5.56 Å². The summed E-state index contributed by atoms with van der Waals surface area (Å²) in [6, 6.07) is 0.0331. The van der Waals surface area contributed by atoms with Crippen LogP contribution < -0.4 is 10.9 Å². The molecule has 0 aromatic carbocycles. The molecule has 4 nitrogen and oxygen atoms in total. The smallest absolute Gasteiger partial charge is 0.287 e. The summed E-state index contributed by atoms with van der Waals surface area (Å²) < 4.78 is 1.35. The van der Waals surface area contributed by atoms with E-state index >= 15 is 0 Å². The normalized spacial score (nSPS) is 12.2. The molecule has 17 heavy (non-hydrogen) atoms. The average Bonchev–Trinajstić information content (AvgIpc) is 2.25. The maximum absolute atomic E-state index is 11.9. The van der Waals surface area contributed by atoms with Gasteiger partial charge in [-0.15, -0.1) is 12.3 Å². The molecule has 0 bridgehead atoms. The molecule has 1 rings (SSSR count). The first-order valence-electron chi connectivity index (χ1n) is 5.44. The largest absolute Gasteiger partial charge is 0.379 e. The first kappa shape index (κ1) is 13.6. The van der Waals surface area contributed by atoms with E-state index < -0.39 is 0 Å². The molecule has 0 aliphatic heterocycles. The summed E-state index contributed by atoms with van der Waals surface area (Å²) in [4.78, 5) is 11.9. The van der Waals surface area contributed by atoms with E-state index in [1.165, 1.54) is 4.68 Å². The Labute approximate surface area is 106 Å². The monoisotopic (exact) mass is 253 g/mol. The van der Waals surface area contributed by atoms with Gasteiger partial charge in [-0.05, 0) is 20.8 Å². The van der Waals surface area contributed by atoms with E-state index in [0.717, 1.165) is 0 Å². The molecule has 0 amide bonds. The van der Waals surface area contributed by atoms with Gasteiger partial charge in [0.1, 0.15) is 5.02 Å². The van der Waals surface area contributed by atoms with Crippen LogP contribution in [0.15, 0.2) is 11.0 Å². The lowest BCUT2D eigenvalue weighted by molar-refractivity contribution is 0.503. The lowest BCUT2D eigenvalue weighted by atomic mass is 10.2. The average molecular weight is 254 g/mol. The molecule has 0 aliphatic carbocycles. The molecule has 0 radical (unpaired) electrons. The third-order valence-electron chi connectivity index (χ3n) is 2.26. The zero-order valence-electron chi connectivity index (χ0n) is 10.2. The summed E-state index contributed by atoms with van der Waals surface area (Å²) in [6.07, 6.45) is 7.32. The van der Waals surface area contributed by atoms with E-state index in [4.69, 9.17) is 18.0 Å². The third-order valence-corrected chi connectivity index (χ3v) is 2.62. The van der Waals surface area contributed by atoms with Crippen LogP contribution in [-0.4, -0.2) is 15.8 Å². The second-order valence-corrected chi connectivity index (χ2v) is 4.55. The van der Waals surface area contributed by atoms with E-state index in [0.29, 0.717) is 12.1 Å². The molecular formula is C12H16ClN3O. The number of aromatic nitrogens is 2. The van der Waals surface area contributed by atoms with Crippen molar-refractivity contribution in [1.82, 2.24) is 9.78 Å². The van der Waals surface area contributed by atoms with Crippen molar-refractivity contribution in [1.29, 1.82) is 0 Å². The van der Waals surface area contributed by atoms with Gasteiger partial charge in [-0.3, -0.25) is 4.79 Å². The lowest BCUT2D eigenvalue weighted by Crippen LogP contribution is -2.27. The van der Waals surface area contributed by atoms with Crippen molar-refractivity contribution < 1.29 is 0 Å². The molecular weight excluding hydrogens is 238 g/mol. The fourth-order valence-corrected chi connectivity index (χ4v) is 1.60. The van der Waals surface area contributed by atoms with Gasteiger partial charge in [0.2, 0.25) is 0 Å². The van der Waals surface area contributed by atoms with E-state index in [1.54, 1.807) is 6.20 Å². The number of hydrogen-bond acceptors (Lipinski definition) is 3. The predicted octanol–water partition coefficient (Wildman–Crippen LogP) is 2.30. The van der Waals surface area contributed by atoms with Gasteiger partial charge in [0.15, 0.2) is 0 Å². The van der Waals surface area contributed by atoms with Crippen LogP contribution in [0.3, 0.4) is 0 Å². The molecule has 0 saturated carbocycles. The molecule has 0 saturated heterocycles. The summed E-state index contributed by atoms with van der Waals surface area (Å²) in [5, 5.41) is 7.28. The first-order chi connectivity index (χ1) is 7.97. The number of anilines is 1. The van der Waals surface area contributed by atoms with Crippen molar-refractivity contribution in [2.24, 2.45) is 0 Å². The second-order valence-electron chi connectivity index (χ2n) is 4.17. The van der Waals surface area contributed by atoms with Crippen LogP contribution >= 0.6 is 11.6 Å². The second kappa shape index (κ2) is 5.74. The fraction of sp³-hybridized carbons (Fsp3) is 0.500. The lowest BCUT2D eigenvalue weighted by Gasteiger charge is -2.15. The topological polar surface area (TPSA) is 46.9 Å². The molecule has 1 aromatic rings. The van der Waals surface area contributed by atoms with Gasteiger partial charge in [-0.2, -0.15) is 5.10 Å². The number of rotatable bonds is 4. The Bertz CT molecular complexity index is 488. The van der Waals surface area contributed by atoms with Crippen LogP contribution in [0, 0.1) is 12.3 Å². The maximum Gasteiger partial charge on any atom is 0.287 e. The van der Waals surface area contributed by atoms with Crippen LogP contribution in [0.5, 0.6) is 0 Å². The number of hydrogen-bond donors (Lipinski definition) is 1. The van der Waals surface area contributed by atoms with Crippen LogP contribution in [0.2, 0.25) is 5.02 Å². The predicted molar refractivity (Wildman–Crippen MR) is 70.4 cm³/mol. The van der Waals surface area contributed by atoms with Gasteiger partial charge in [0.05, 0.1) is 17.9 Å². The highest BCUT2D eigenvalue weighted by molar-refractivity contribution is 6.32. The SMILES string of the molecule is C#CCC(C)Nc1cnn(C(C)C)c(=O)c1Cl. The van der Waals surface area contributed by atoms with Crippen molar-refractivity contribution in [2.45, 2.75) is 39.3 Å². The third kappa shape index (κ3) is 3.24. The summed E-state index contributed by atoms with van der Waals surface area (Å²) in [5.74, 6) is 2.54. The maximum atomic E-state index is 11.9. The van der Waals surface area contributed by atoms with Gasteiger partial charge < -0.3 is 5.32 Å². The number of halogens is 1. The minimum absolute atomic E-state index is 0.0165. The fourth-order valence-electron chi connectivity index (χ4n) is 1.41. The summed E-state index contributed by atoms with van der Waals surface area (Å²) >= 11 is 6.00. The Morgan fingerprint density at radius 3 is 2.76 bits per heavy atom. The van der Waals surface area contributed by atoms with Crippen molar-refractivity contribution in [3.8, 4) is 12.3 Å². The zero-order valence-corrected chi connectivity index (χ0v) is 11.0. The Hall–Kier alpha value is -1.47. The molecule has 5 heteroatoms. The van der Waals surface area contributed by atoms with Crippen LogP contribution in [0.25, 0.3) is 0 Å². The molecule has 92 valence electrons. The van der Waals surface area contributed by atoms with Crippen LogP contribution in [-0.2, 0) is 0 Å². The molecule has 1 heterocycles. The molecule has 1 N–H and O–H groups in total. The highest BCUT2D eigenvalue weighted by atomic mass is 35.5. The van der Waals surface area contributed by atoms with Gasteiger partial charge in [-0.1, -0.05) is 11.6 Å². The standard InChI is InChI=1S/C12H16ClN3O/c1-5-6-9(4)15-10-7-14-16(8(2)3)12(17)11(10)13/h1,7-9,15H,6H2,2-4H3. The molecule has 1 unspecified atom stereocenters. The first-order valence-corrected chi connectivity index (χ1v) is 5.82. The van der Waals surface area contributed by atoms with E-state index in [9.17, 15) is 4.79 Å². The van der Waals surface area contributed by atoms with Crippen LogP contribution in [0.1, 0.15) is 33.2 Å². The Balaban J connectivity index is 3.02. The Morgan fingerprint density at radius 1 is 1.59 bits per heavy atom. The van der Waals surface area contributed by atoms with E-state index in [1.807, 2.05) is 20.8 Å². The van der Waals surface area contributed by atoms with Crippen molar-refractivity contribution in [2.75, 3.05) is 5.32 Å². The molecule has 0 aliphatic rings. The zero-order chi connectivity index (χ0) is 13.0. The molecule has 1 aromatic heterocycles. The van der Waals surface area contributed by atoms with E-state index in [-0.39, 0.29) is 22.7 Å². The van der Waals surface area contributed by atoms with Crippen molar-refractivity contribution in [3.05, 3.63) is 21.6 Å². The molecule has 0 spiro atoms. The minimum Gasteiger partial charge on any atom is -0.379 e.